The van der Waals surface area contributed by atoms with Gasteiger partial charge in [-0.25, -0.2) is 25.3 Å². The van der Waals surface area contributed by atoms with Crippen molar-refractivity contribution in [1.29, 1.82) is 0 Å². The van der Waals surface area contributed by atoms with E-state index in [-0.39, 0.29) is 71.5 Å². The molecule has 668 valence electrons. The molecule has 17 aromatic rings. The summed E-state index contributed by atoms with van der Waals surface area (Å²) in [6, 6.07) is 105. The van der Waals surface area contributed by atoms with Gasteiger partial charge in [-0.1, -0.05) is 279 Å². The molecule has 19 rings (SSSR count). The van der Waals surface area contributed by atoms with Gasteiger partial charge in [0.05, 0.1) is 86.5 Å². The maximum atomic E-state index is 13.1. The number of aliphatic carboxylic acids is 2. The lowest BCUT2D eigenvalue weighted by Gasteiger charge is -2.16. The van der Waals surface area contributed by atoms with Crippen LogP contribution in [0.15, 0.2) is 365 Å². The number of hydrogen-bond donors (Lipinski definition) is 9. The molecular weight excluding hydrogens is 1690 g/mol. The van der Waals surface area contributed by atoms with E-state index in [0.29, 0.717) is 75.4 Å². The SMILES string of the molecule is Cc1ccccc1.Nc1cccc(Cc2n[nH]c(=O)c3ccccc23)c1.O=C(CC(C(=O)O)c1ccccc1)Nc1cccc(Cc2n[nH]c(=O)c3ccccc23)c1.O=C(O)CC(C(=O)Nc1cccc(Cc2n[nH]c(=O)c3ccccc23)c1)c1ccccc1.O=C1CC(c2ccccc2)C(=O)N1c1cccc(Cc2n[nH]c(=O)c3ccccc23)c1.O=C1CC(c2ccccc2)C(=O)O1. The van der Waals surface area contributed by atoms with Gasteiger partial charge in [-0.15, -0.1) is 0 Å². The number of anilines is 4. The number of aromatic nitrogens is 8. The number of fused-ring (bicyclic) bond motifs is 4. The number of aromatic amines is 4. The number of imide groups is 1. The van der Waals surface area contributed by atoms with Crippen molar-refractivity contribution < 1.29 is 53.3 Å². The van der Waals surface area contributed by atoms with E-state index in [1.165, 1.54) is 10.5 Å². The Labute approximate surface area is 766 Å². The van der Waals surface area contributed by atoms with E-state index in [4.69, 9.17) is 5.73 Å². The minimum Gasteiger partial charge on any atom is -0.481 e. The van der Waals surface area contributed by atoms with E-state index in [2.05, 4.69) is 75.2 Å². The van der Waals surface area contributed by atoms with Crippen molar-refractivity contribution in [1.82, 2.24) is 40.8 Å². The van der Waals surface area contributed by atoms with E-state index in [1.807, 2.05) is 224 Å². The van der Waals surface area contributed by atoms with Gasteiger partial charge in [-0.3, -0.25) is 57.5 Å². The molecule has 4 aromatic heterocycles. The maximum absolute atomic E-state index is 13.1. The van der Waals surface area contributed by atoms with Crippen LogP contribution in [0.4, 0.5) is 22.7 Å². The summed E-state index contributed by atoms with van der Waals surface area (Å²) >= 11 is 0. The van der Waals surface area contributed by atoms with Gasteiger partial charge in [-0.2, -0.15) is 20.4 Å². The summed E-state index contributed by atoms with van der Waals surface area (Å²) in [6.45, 7) is 2.08. The van der Waals surface area contributed by atoms with Crippen molar-refractivity contribution in [2.24, 2.45) is 0 Å². The minimum absolute atomic E-state index is 0.160. The number of nitrogens with one attached hydrogen (secondary N) is 6. The van der Waals surface area contributed by atoms with Gasteiger partial charge < -0.3 is 31.3 Å². The molecule has 2 saturated heterocycles. The lowest BCUT2D eigenvalue weighted by molar-refractivity contribution is -0.152. The molecule has 0 aliphatic carbocycles. The summed E-state index contributed by atoms with van der Waals surface area (Å²) in [5, 5.41) is 57.0. The number of rotatable bonds is 21. The third kappa shape index (κ3) is 24.2. The van der Waals surface area contributed by atoms with Crippen molar-refractivity contribution in [3.05, 3.63) is 460 Å². The zero-order chi connectivity index (χ0) is 94.0. The van der Waals surface area contributed by atoms with E-state index < -0.39 is 47.5 Å². The smallest absolute Gasteiger partial charge is 0.321 e. The first-order valence-corrected chi connectivity index (χ1v) is 42.9. The number of esters is 2. The Kier molecular flexibility index (Phi) is 30.7. The largest absolute Gasteiger partial charge is 0.481 e. The number of aryl methyl sites for hydroxylation is 1. The molecule has 13 aromatic carbocycles. The van der Waals surface area contributed by atoms with Gasteiger partial charge in [0.25, 0.3) is 22.2 Å². The highest BCUT2D eigenvalue weighted by Crippen LogP contribution is 2.35. The molecule has 0 saturated carbocycles. The fourth-order valence-corrected chi connectivity index (χ4v) is 15.7. The number of nitrogen functional groups attached to an aromatic ring is 1. The van der Waals surface area contributed by atoms with Crippen molar-refractivity contribution in [2.45, 2.75) is 82.0 Å². The first-order valence-electron chi connectivity index (χ1n) is 42.9. The van der Waals surface area contributed by atoms with Gasteiger partial charge >= 0.3 is 23.9 Å². The lowest BCUT2D eigenvalue weighted by Crippen LogP contribution is -2.30. The molecule has 27 heteroatoms. The van der Waals surface area contributed by atoms with Crippen LogP contribution in [-0.2, 0) is 68.8 Å². The summed E-state index contributed by atoms with van der Waals surface area (Å²) in [5.74, 6) is -6.71. The van der Waals surface area contributed by atoms with Gasteiger partial charge in [0.15, 0.2) is 0 Å². The number of cyclic esters (lactones) is 2. The number of hydrogen-bond acceptors (Lipinski definition) is 18. The highest BCUT2D eigenvalue weighted by atomic mass is 16.6. The molecule has 2 fully saturated rings. The Morgan fingerprint density at radius 2 is 0.746 bits per heavy atom. The summed E-state index contributed by atoms with van der Waals surface area (Å²) in [4.78, 5) is 145. The number of ether oxygens (including phenoxy) is 1. The summed E-state index contributed by atoms with van der Waals surface area (Å²) in [6.07, 6.45) is 1.88. The molecule has 0 radical (unpaired) electrons. The third-order valence-corrected chi connectivity index (χ3v) is 22.3. The molecule has 10 N–H and O–H groups in total. The molecule has 2 aliphatic heterocycles. The molecule has 27 nitrogen and oxygen atoms in total. The van der Waals surface area contributed by atoms with Gasteiger partial charge in [0.2, 0.25) is 23.6 Å². The van der Waals surface area contributed by atoms with Crippen molar-refractivity contribution >= 4 is 113 Å². The Balaban J connectivity index is 0.000000135. The highest BCUT2D eigenvalue weighted by molar-refractivity contribution is 6.22. The topological polar surface area (TPSA) is 423 Å². The summed E-state index contributed by atoms with van der Waals surface area (Å²) in [5.41, 5.74) is 18.3. The van der Waals surface area contributed by atoms with Gasteiger partial charge in [0.1, 0.15) is 0 Å². The zero-order valence-electron chi connectivity index (χ0n) is 72.4. The third-order valence-electron chi connectivity index (χ3n) is 22.3. The predicted octanol–water partition coefficient (Wildman–Crippen LogP) is 16.3. The molecule has 6 heterocycles. The molecule has 2 aliphatic rings. The molecule has 0 spiro atoms. The van der Waals surface area contributed by atoms with E-state index in [1.54, 1.807) is 109 Å². The van der Waals surface area contributed by atoms with Crippen molar-refractivity contribution in [3.8, 4) is 0 Å². The Bertz CT molecular complexity index is 7390. The van der Waals surface area contributed by atoms with Crippen LogP contribution in [0.1, 0.15) is 122 Å². The number of carbonyl (C=O) groups excluding carboxylic acids is 6. The molecule has 0 bridgehead atoms. The van der Waals surface area contributed by atoms with Gasteiger partial charge in [-0.05, 0) is 124 Å². The predicted molar refractivity (Wildman–Crippen MR) is 513 cm³/mol. The lowest BCUT2D eigenvalue weighted by atomic mass is 9.94. The van der Waals surface area contributed by atoms with E-state index >= 15 is 0 Å². The van der Waals surface area contributed by atoms with Crippen LogP contribution in [-0.4, -0.2) is 98.5 Å². The van der Waals surface area contributed by atoms with E-state index in [0.717, 1.165) is 83.4 Å². The normalized spacial score (nSPS) is 13.5. The Morgan fingerprint density at radius 3 is 1.13 bits per heavy atom. The minimum atomic E-state index is -1.05. The number of benzene rings is 13. The average molecular weight is 1780 g/mol. The highest BCUT2D eigenvalue weighted by Gasteiger charge is 2.41. The summed E-state index contributed by atoms with van der Waals surface area (Å²) in [7, 11) is 0. The molecule has 134 heavy (non-hydrogen) atoms. The summed E-state index contributed by atoms with van der Waals surface area (Å²) < 4.78 is 4.45. The van der Waals surface area contributed by atoms with Crippen LogP contribution in [0.5, 0.6) is 0 Å². The number of carboxylic acids is 2. The van der Waals surface area contributed by atoms with E-state index in [9.17, 15) is 67.7 Å². The number of carboxylic acid groups (broad SMARTS) is 2. The van der Waals surface area contributed by atoms with Crippen LogP contribution in [0.25, 0.3) is 43.1 Å². The van der Waals surface area contributed by atoms with Crippen molar-refractivity contribution in [3.63, 3.8) is 0 Å². The number of H-pyrrole nitrogens is 4. The number of carbonyl (C=O) groups is 8. The second-order valence-corrected chi connectivity index (χ2v) is 31.7. The van der Waals surface area contributed by atoms with Crippen molar-refractivity contribution in [2.75, 3.05) is 21.3 Å². The molecular formula is C107H90N12O15. The second-order valence-electron chi connectivity index (χ2n) is 31.7. The maximum Gasteiger partial charge on any atom is 0.321 e. The number of amides is 4. The number of nitrogens with two attached hydrogens (primary N) is 1. The average Bonchev–Trinajstić information content (AvgIpc) is 1.69. The second kappa shape index (κ2) is 44.4. The quantitative estimate of drug-likeness (QED) is 0.0140. The van der Waals surface area contributed by atoms with Crippen LogP contribution in [0, 0.1) is 6.92 Å². The van der Waals surface area contributed by atoms with Gasteiger partial charge in [0, 0.05) is 77.1 Å². The fraction of sp³-hybridized carbons (Fsp3) is 0.121. The van der Waals surface area contributed by atoms with Crippen LogP contribution in [0.3, 0.4) is 0 Å². The molecule has 4 unspecified atom stereocenters. The fourth-order valence-electron chi connectivity index (χ4n) is 15.7. The molecule has 4 amide bonds. The van der Waals surface area contributed by atoms with Crippen LogP contribution in [0.2, 0.25) is 0 Å². The Morgan fingerprint density at radius 1 is 0.388 bits per heavy atom. The first-order chi connectivity index (χ1) is 65.0. The number of nitrogens with zero attached hydrogens (tertiary/aromatic N) is 5. The van der Waals surface area contributed by atoms with Crippen LogP contribution >= 0.6 is 0 Å². The molecule has 4 atom stereocenters. The zero-order valence-corrected chi connectivity index (χ0v) is 72.4. The Hall–Kier alpha value is -17.6. The standard InChI is InChI=1S/2C25H21N3O4.C25H19N3O3.C15H13N3O.C10H8O3.C7H8/c29-23(30)15-21(17-8-2-1-3-9-17)24(31)26-18-10-6-7-16(13-18)14-22-19-11-4-5-12-20(19)25(32)28-27-22;29-23(15-21(25(31)32)17-8-2-1-3-9-17)26-18-10-6-7-16(13-18)14-22-19-11-4-5-12-20(19)24(30)28-27-22;29-23-15-21(17-8-2-1-3-9-17)25(31)28(23)18-10-6-7-16(13-18)14-22-19-11-4-5-12-20(19)24(30)27-26-22;16-11-5-3-4-10(8-11)9-14-12-6-1-2-7-13(12)15(19)18-17-14;11-9-6-8(10(12)13-9)7-4-2-1-3-5-7;1-7-5-3-2-4-6-7/h1-13,21H,14-15H2,(H,26,31)(H,28,32)(H,29,30);1-13,21H,14-15H2,(H,26,29)(H,28,30)(H,31,32);1-13,21H,14-15H2,(H,27,30);1-8H,9,16H2,(H,18,19);1-5,8H,6H2;2-6H,1H3. The van der Waals surface area contributed by atoms with Crippen LogP contribution < -0.4 is 43.5 Å². The monoisotopic (exact) mass is 1780 g/mol. The first kappa shape index (κ1) is 92.6.